The largest absolute Gasteiger partial charge is 0.228 e. The fourth-order valence-electron chi connectivity index (χ4n) is 1.13. The maximum absolute atomic E-state index is 11.5. The zero-order valence-corrected chi connectivity index (χ0v) is 10.6. The zero-order valence-electron chi connectivity index (χ0n) is 9.00. The third-order valence-electron chi connectivity index (χ3n) is 2.05. The van der Waals surface area contributed by atoms with Crippen LogP contribution in [0.15, 0.2) is 0 Å². The molecule has 0 aliphatic rings. The van der Waals surface area contributed by atoms with Gasteiger partial charge < -0.3 is 0 Å². The summed E-state index contributed by atoms with van der Waals surface area (Å²) in [6.07, 6.45) is 3.81. The third-order valence-corrected chi connectivity index (χ3v) is 4.31. The Morgan fingerprint density at radius 1 is 1.07 bits per heavy atom. The van der Waals surface area contributed by atoms with Gasteiger partial charge in [0.25, 0.3) is 0 Å². The molecule has 0 rings (SSSR count). The molecule has 14 heavy (non-hydrogen) atoms. The Kier molecular flexibility index (Phi) is 7.59. The van der Waals surface area contributed by atoms with Crippen molar-refractivity contribution in [3.63, 3.8) is 0 Å². The van der Waals surface area contributed by atoms with Gasteiger partial charge in [0.1, 0.15) is 5.21 Å². The number of unbranched alkanes of at least 4 members (excludes halogenated alkanes) is 2. The maximum atomic E-state index is 11.5. The van der Waals surface area contributed by atoms with Gasteiger partial charge in [0.05, 0.1) is 0 Å². The van der Waals surface area contributed by atoms with E-state index in [-0.39, 0.29) is 5.21 Å². The van der Waals surface area contributed by atoms with Crippen molar-refractivity contribution < 1.29 is 8.42 Å². The summed E-state index contributed by atoms with van der Waals surface area (Å²) < 4.78 is 24.5. The van der Waals surface area contributed by atoms with Gasteiger partial charge in [-0.05, 0) is 12.8 Å². The maximum Gasteiger partial charge on any atom is 0.228 e. The SMILES string of the molecule is CCCCN(CCCC)S(=O)(=O)CCl. The van der Waals surface area contributed by atoms with Crippen LogP contribution < -0.4 is 0 Å². The summed E-state index contributed by atoms with van der Waals surface area (Å²) in [6, 6.07) is 0. The number of hydrogen-bond donors (Lipinski definition) is 0. The Balaban J connectivity index is 4.23. The summed E-state index contributed by atoms with van der Waals surface area (Å²) in [5.41, 5.74) is 0. The fourth-order valence-corrected chi connectivity index (χ4v) is 2.49. The third kappa shape index (κ3) is 5.17. The molecule has 0 heterocycles. The Hall–Kier alpha value is 0.200. The molecule has 5 heteroatoms. The number of halogens is 1. The van der Waals surface area contributed by atoms with Gasteiger partial charge in [0, 0.05) is 13.1 Å². The lowest BCUT2D eigenvalue weighted by Crippen LogP contribution is -2.33. The summed E-state index contributed by atoms with van der Waals surface area (Å²) in [6.45, 7) is 5.30. The van der Waals surface area contributed by atoms with Gasteiger partial charge in [0.2, 0.25) is 10.0 Å². The highest BCUT2D eigenvalue weighted by atomic mass is 35.5. The average Bonchev–Trinajstić information content (AvgIpc) is 2.17. The van der Waals surface area contributed by atoms with Gasteiger partial charge in [-0.1, -0.05) is 26.7 Å². The van der Waals surface area contributed by atoms with Crippen molar-refractivity contribution in [2.45, 2.75) is 39.5 Å². The second-order valence-electron chi connectivity index (χ2n) is 3.33. The van der Waals surface area contributed by atoms with E-state index < -0.39 is 10.0 Å². The number of nitrogens with zero attached hydrogens (tertiary/aromatic N) is 1. The van der Waals surface area contributed by atoms with Gasteiger partial charge in [-0.2, -0.15) is 0 Å². The second kappa shape index (κ2) is 7.49. The summed E-state index contributed by atoms with van der Waals surface area (Å²) in [4.78, 5) is 0. The fraction of sp³-hybridized carbons (Fsp3) is 1.00. The number of hydrogen-bond acceptors (Lipinski definition) is 2. The number of sulfonamides is 1. The van der Waals surface area contributed by atoms with Gasteiger partial charge in [-0.25, -0.2) is 12.7 Å². The second-order valence-corrected chi connectivity index (χ2v) is 5.88. The van der Waals surface area contributed by atoms with Crippen molar-refractivity contribution in [3.05, 3.63) is 0 Å². The predicted octanol–water partition coefficient (Wildman–Crippen LogP) is 2.41. The molecular weight excluding hydrogens is 222 g/mol. The lowest BCUT2D eigenvalue weighted by molar-refractivity contribution is 0.398. The Labute approximate surface area is 92.5 Å². The lowest BCUT2D eigenvalue weighted by atomic mass is 10.3. The van der Waals surface area contributed by atoms with Crippen molar-refractivity contribution in [1.82, 2.24) is 4.31 Å². The van der Waals surface area contributed by atoms with Gasteiger partial charge in [-0.15, -0.1) is 11.6 Å². The highest BCUT2D eigenvalue weighted by Gasteiger charge is 2.19. The van der Waals surface area contributed by atoms with Crippen molar-refractivity contribution >= 4 is 21.6 Å². The lowest BCUT2D eigenvalue weighted by Gasteiger charge is -2.20. The van der Waals surface area contributed by atoms with Crippen LogP contribution in [0.2, 0.25) is 0 Å². The molecule has 3 nitrogen and oxygen atoms in total. The highest BCUT2D eigenvalue weighted by molar-refractivity contribution is 7.90. The Bertz CT molecular complexity index is 221. The van der Waals surface area contributed by atoms with Crippen LogP contribution >= 0.6 is 11.6 Å². The van der Waals surface area contributed by atoms with E-state index in [1.165, 1.54) is 4.31 Å². The minimum Gasteiger partial charge on any atom is -0.211 e. The summed E-state index contributed by atoms with van der Waals surface area (Å²) in [5, 5.41) is -0.305. The topological polar surface area (TPSA) is 37.4 Å². The van der Waals surface area contributed by atoms with Crippen LogP contribution in [0.3, 0.4) is 0 Å². The number of alkyl halides is 1. The first-order chi connectivity index (χ1) is 6.58. The van der Waals surface area contributed by atoms with E-state index >= 15 is 0 Å². The first kappa shape index (κ1) is 14.2. The molecule has 0 saturated heterocycles. The minimum atomic E-state index is -3.21. The highest BCUT2D eigenvalue weighted by Crippen LogP contribution is 2.07. The molecule has 0 aromatic carbocycles. The zero-order chi connectivity index (χ0) is 11.0. The first-order valence-corrected chi connectivity index (χ1v) is 7.26. The van der Waals surface area contributed by atoms with Crippen LogP contribution in [0.1, 0.15) is 39.5 Å². The normalized spacial score (nSPS) is 12.3. The molecule has 0 amide bonds. The van der Waals surface area contributed by atoms with Crippen LogP contribution in [0.5, 0.6) is 0 Å². The van der Waals surface area contributed by atoms with Gasteiger partial charge in [-0.3, -0.25) is 0 Å². The van der Waals surface area contributed by atoms with Crippen molar-refractivity contribution in [2.75, 3.05) is 18.3 Å². The molecule has 0 saturated carbocycles. The molecule has 0 unspecified atom stereocenters. The van der Waals surface area contributed by atoms with Crippen molar-refractivity contribution in [1.29, 1.82) is 0 Å². The number of rotatable bonds is 8. The van der Waals surface area contributed by atoms with E-state index in [1.807, 2.05) is 13.8 Å². The van der Waals surface area contributed by atoms with Crippen LogP contribution in [0, 0.1) is 0 Å². The summed E-state index contributed by atoms with van der Waals surface area (Å²) >= 11 is 5.42. The quantitative estimate of drug-likeness (QED) is 0.612. The van der Waals surface area contributed by atoms with Crippen LogP contribution in [-0.2, 0) is 10.0 Å². The van der Waals surface area contributed by atoms with E-state index in [1.54, 1.807) is 0 Å². The Morgan fingerprint density at radius 2 is 1.50 bits per heavy atom. The molecule has 0 N–H and O–H groups in total. The van der Waals surface area contributed by atoms with Crippen molar-refractivity contribution in [3.8, 4) is 0 Å². The van der Waals surface area contributed by atoms with E-state index in [2.05, 4.69) is 0 Å². The molecular formula is C9H20ClNO2S. The van der Waals surface area contributed by atoms with Crippen LogP contribution in [-0.4, -0.2) is 31.0 Å². The molecule has 0 aromatic rings. The minimum absolute atomic E-state index is 0.305. The smallest absolute Gasteiger partial charge is 0.211 e. The van der Waals surface area contributed by atoms with E-state index in [0.717, 1.165) is 25.7 Å². The standard InChI is InChI=1S/C9H20ClNO2S/c1-3-5-7-11(8-6-4-2)14(12,13)9-10/h3-9H2,1-2H3. The molecule has 0 aromatic heterocycles. The van der Waals surface area contributed by atoms with E-state index in [0.29, 0.717) is 13.1 Å². The molecule has 0 aliphatic carbocycles. The first-order valence-electron chi connectivity index (χ1n) is 5.12. The molecule has 0 fully saturated rings. The molecule has 0 bridgehead atoms. The van der Waals surface area contributed by atoms with Crippen LogP contribution in [0.25, 0.3) is 0 Å². The van der Waals surface area contributed by atoms with Gasteiger partial charge in [0.15, 0.2) is 0 Å². The van der Waals surface area contributed by atoms with Crippen molar-refractivity contribution in [2.24, 2.45) is 0 Å². The molecule has 0 atom stereocenters. The average molecular weight is 242 g/mol. The monoisotopic (exact) mass is 241 g/mol. The molecule has 0 spiro atoms. The predicted molar refractivity (Wildman–Crippen MR) is 61.0 cm³/mol. The molecule has 86 valence electrons. The van der Waals surface area contributed by atoms with E-state index in [4.69, 9.17) is 11.6 Å². The summed E-state index contributed by atoms with van der Waals surface area (Å²) in [7, 11) is -3.21. The summed E-state index contributed by atoms with van der Waals surface area (Å²) in [5.74, 6) is 0. The van der Waals surface area contributed by atoms with Gasteiger partial charge >= 0.3 is 0 Å². The molecule has 0 radical (unpaired) electrons. The van der Waals surface area contributed by atoms with E-state index in [9.17, 15) is 8.42 Å². The molecule has 0 aliphatic heterocycles. The van der Waals surface area contributed by atoms with Crippen LogP contribution in [0.4, 0.5) is 0 Å². The Morgan fingerprint density at radius 3 is 1.79 bits per heavy atom.